The summed E-state index contributed by atoms with van der Waals surface area (Å²) in [5.41, 5.74) is 3.06. The molecule has 4 rings (SSSR count). The van der Waals surface area contributed by atoms with Gasteiger partial charge in [0.05, 0.1) is 16.6 Å². The fourth-order valence-electron chi connectivity index (χ4n) is 3.09. The van der Waals surface area contributed by atoms with Crippen molar-refractivity contribution in [2.45, 2.75) is 17.3 Å². The number of aromatic amines is 1. The average molecular weight is 435 g/mol. The van der Waals surface area contributed by atoms with E-state index < -0.39 is 28.5 Å². The van der Waals surface area contributed by atoms with Crippen molar-refractivity contribution in [1.29, 1.82) is 0 Å². The van der Waals surface area contributed by atoms with E-state index >= 15 is 0 Å². The zero-order valence-electron chi connectivity index (χ0n) is 16.6. The van der Waals surface area contributed by atoms with E-state index in [4.69, 9.17) is 4.98 Å². The molecule has 0 fully saturated rings. The molecule has 0 aliphatic carbocycles. The van der Waals surface area contributed by atoms with Crippen LogP contribution in [0.2, 0.25) is 0 Å². The molecule has 31 heavy (non-hydrogen) atoms. The van der Waals surface area contributed by atoms with Crippen molar-refractivity contribution in [2.75, 3.05) is 5.32 Å². The summed E-state index contributed by atoms with van der Waals surface area (Å²) in [4.78, 5) is 20.5. The van der Waals surface area contributed by atoms with Gasteiger partial charge in [-0.15, -0.1) is 0 Å². The third kappa shape index (κ3) is 4.67. The normalized spacial score (nSPS) is 11.8. The minimum atomic E-state index is -0.818. The van der Waals surface area contributed by atoms with E-state index in [1.807, 2.05) is 60.7 Å². The highest BCUT2D eigenvalue weighted by Crippen LogP contribution is 2.34. The molecular weight excluding hydrogens is 416 g/mol. The number of benzene rings is 3. The highest BCUT2D eigenvalue weighted by molar-refractivity contribution is 8.00. The standard InChI is InChI=1S/C24H19F2N3OS/c1-15(23(30)27-22-18(25)13-8-14-19(22)26)31-24-28-20(16-9-4-2-5-10-16)21(29-24)17-11-6-3-7-12-17/h2-15H,1H3,(H,27,30)(H,28,29). The summed E-state index contributed by atoms with van der Waals surface area (Å²) in [6.07, 6.45) is 0. The van der Waals surface area contributed by atoms with Crippen molar-refractivity contribution in [3.8, 4) is 22.5 Å². The van der Waals surface area contributed by atoms with Crippen LogP contribution in [0.5, 0.6) is 0 Å². The summed E-state index contributed by atoms with van der Waals surface area (Å²) >= 11 is 1.18. The van der Waals surface area contributed by atoms with Crippen LogP contribution in [-0.2, 0) is 4.79 Å². The maximum Gasteiger partial charge on any atom is 0.237 e. The number of H-pyrrole nitrogens is 1. The van der Waals surface area contributed by atoms with Crippen molar-refractivity contribution in [3.63, 3.8) is 0 Å². The Hall–Kier alpha value is -3.45. The molecule has 0 saturated carbocycles. The third-order valence-corrected chi connectivity index (χ3v) is 5.64. The first-order valence-corrected chi connectivity index (χ1v) is 10.5. The summed E-state index contributed by atoms with van der Waals surface area (Å²) in [7, 11) is 0. The van der Waals surface area contributed by atoms with Gasteiger partial charge in [0, 0.05) is 11.1 Å². The number of para-hydroxylation sites is 1. The lowest BCUT2D eigenvalue weighted by Gasteiger charge is -2.11. The van der Waals surface area contributed by atoms with Crippen molar-refractivity contribution in [2.24, 2.45) is 0 Å². The van der Waals surface area contributed by atoms with Crippen molar-refractivity contribution < 1.29 is 13.6 Å². The van der Waals surface area contributed by atoms with E-state index in [9.17, 15) is 13.6 Å². The summed E-state index contributed by atoms with van der Waals surface area (Å²) in [5.74, 6) is -2.16. The Morgan fingerprint density at radius 1 is 0.903 bits per heavy atom. The lowest BCUT2D eigenvalue weighted by atomic mass is 10.1. The highest BCUT2D eigenvalue weighted by Gasteiger charge is 2.21. The SMILES string of the molecule is CC(Sc1nc(-c2ccccc2)c(-c2ccccc2)[nH]1)C(=O)Nc1c(F)cccc1F. The van der Waals surface area contributed by atoms with E-state index in [1.54, 1.807) is 6.92 Å². The number of aromatic nitrogens is 2. The number of imidazole rings is 1. The first kappa shape index (κ1) is 20.8. The number of nitrogens with one attached hydrogen (secondary N) is 2. The van der Waals surface area contributed by atoms with Gasteiger partial charge in [-0.05, 0) is 19.1 Å². The number of hydrogen-bond acceptors (Lipinski definition) is 3. The molecule has 0 saturated heterocycles. The summed E-state index contributed by atoms with van der Waals surface area (Å²) < 4.78 is 27.7. The molecule has 7 heteroatoms. The van der Waals surface area contributed by atoms with E-state index in [0.717, 1.165) is 34.6 Å². The third-order valence-electron chi connectivity index (χ3n) is 4.66. The van der Waals surface area contributed by atoms with Gasteiger partial charge in [-0.1, -0.05) is 78.5 Å². The number of anilines is 1. The molecule has 0 spiro atoms. The van der Waals surface area contributed by atoms with Crippen LogP contribution in [0.15, 0.2) is 84.0 Å². The smallest absolute Gasteiger partial charge is 0.237 e. The van der Waals surface area contributed by atoms with Crippen LogP contribution in [0.1, 0.15) is 6.92 Å². The molecule has 1 aromatic heterocycles. The van der Waals surface area contributed by atoms with Crippen LogP contribution in [0.3, 0.4) is 0 Å². The van der Waals surface area contributed by atoms with Crippen molar-refractivity contribution in [1.82, 2.24) is 9.97 Å². The van der Waals surface area contributed by atoms with E-state index in [-0.39, 0.29) is 0 Å². The Bertz CT molecular complexity index is 1120. The Balaban J connectivity index is 1.60. The van der Waals surface area contributed by atoms with Crippen LogP contribution in [0.4, 0.5) is 14.5 Å². The van der Waals surface area contributed by atoms with E-state index in [1.165, 1.54) is 17.8 Å². The summed E-state index contributed by atoms with van der Waals surface area (Å²) in [5, 5.41) is 2.23. The molecule has 0 aliphatic heterocycles. The molecule has 1 amide bonds. The topological polar surface area (TPSA) is 57.8 Å². The molecule has 2 N–H and O–H groups in total. The molecule has 4 aromatic rings. The molecule has 4 nitrogen and oxygen atoms in total. The van der Waals surface area contributed by atoms with Gasteiger partial charge in [-0.2, -0.15) is 0 Å². The molecule has 1 atom stereocenters. The monoisotopic (exact) mass is 435 g/mol. The maximum atomic E-state index is 13.9. The van der Waals surface area contributed by atoms with Gasteiger partial charge in [-0.3, -0.25) is 4.79 Å². The number of carbonyl (C=O) groups is 1. The lowest BCUT2D eigenvalue weighted by Crippen LogP contribution is -2.23. The molecule has 0 radical (unpaired) electrons. The predicted molar refractivity (Wildman–Crippen MR) is 120 cm³/mol. The molecule has 1 heterocycles. The Morgan fingerprint density at radius 3 is 2.10 bits per heavy atom. The fraction of sp³-hybridized carbons (Fsp3) is 0.0833. The van der Waals surface area contributed by atoms with Gasteiger partial charge in [-0.25, -0.2) is 13.8 Å². The molecule has 0 aliphatic rings. The van der Waals surface area contributed by atoms with Crippen molar-refractivity contribution >= 4 is 23.4 Å². The number of nitrogens with zero attached hydrogens (tertiary/aromatic N) is 1. The van der Waals surface area contributed by atoms with Crippen LogP contribution in [-0.4, -0.2) is 21.1 Å². The summed E-state index contributed by atoms with van der Waals surface area (Å²) in [6.45, 7) is 1.66. The number of carbonyl (C=O) groups excluding carboxylic acids is 1. The Kier molecular flexibility index (Phi) is 6.13. The maximum absolute atomic E-state index is 13.9. The second kappa shape index (κ2) is 9.14. The first-order valence-electron chi connectivity index (χ1n) is 9.65. The van der Waals surface area contributed by atoms with Gasteiger partial charge >= 0.3 is 0 Å². The minimum absolute atomic E-state index is 0.450. The highest BCUT2D eigenvalue weighted by atomic mass is 32.2. The van der Waals surface area contributed by atoms with Gasteiger partial charge in [0.15, 0.2) is 5.16 Å². The van der Waals surface area contributed by atoms with Crippen molar-refractivity contribution in [3.05, 3.63) is 90.5 Å². The zero-order chi connectivity index (χ0) is 21.8. The van der Waals surface area contributed by atoms with Gasteiger partial charge < -0.3 is 10.3 Å². The Morgan fingerprint density at radius 2 is 1.48 bits per heavy atom. The number of hydrogen-bond donors (Lipinski definition) is 2. The zero-order valence-corrected chi connectivity index (χ0v) is 17.4. The van der Waals surface area contributed by atoms with E-state index in [2.05, 4.69) is 10.3 Å². The molecule has 156 valence electrons. The number of halogens is 2. The average Bonchev–Trinajstić information content (AvgIpc) is 3.21. The number of amides is 1. The second-order valence-corrected chi connectivity index (χ2v) is 8.17. The lowest BCUT2D eigenvalue weighted by molar-refractivity contribution is -0.115. The number of thioether (sulfide) groups is 1. The number of rotatable bonds is 6. The van der Waals surface area contributed by atoms with Crippen LogP contribution < -0.4 is 5.32 Å². The van der Waals surface area contributed by atoms with Crippen LogP contribution in [0.25, 0.3) is 22.5 Å². The minimum Gasteiger partial charge on any atom is -0.332 e. The Labute approximate surface area is 182 Å². The first-order chi connectivity index (χ1) is 15.0. The molecule has 0 bridgehead atoms. The van der Waals surface area contributed by atoms with Gasteiger partial charge in [0.25, 0.3) is 0 Å². The molecule has 3 aromatic carbocycles. The fourth-order valence-corrected chi connectivity index (χ4v) is 3.89. The second-order valence-electron chi connectivity index (χ2n) is 6.84. The molecule has 1 unspecified atom stereocenters. The van der Waals surface area contributed by atoms with Crippen LogP contribution >= 0.6 is 11.8 Å². The van der Waals surface area contributed by atoms with E-state index in [0.29, 0.717) is 5.16 Å². The largest absolute Gasteiger partial charge is 0.332 e. The quantitative estimate of drug-likeness (QED) is 0.358. The summed E-state index contributed by atoms with van der Waals surface area (Å²) in [6, 6.07) is 23.0. The van der Waals surface area contributed by atoms with Crippen LogP contribution in [0, 0.1) is 11.6 Å². The van der Waals surface area contributed by atoms with Gasteiger partial charge in [0.2, 0.25) is 5.91 Å². The molecular formula is C24H19F2N3OS. The predicted octanol–water partition coefficient (Wildman–Crippen LogP) is 6.14. The van der Waals surface area contributed by atoms with Gasteiger partial charge in [0.1, 0.15) is 17.3 Å².